The quantitative estimate of drug-likeness (QED) is 0.896. The highest BCUT2D eigenvalue weighted by atomic mass is 19.1. The van der Waals surface area contributed by atoms with Crippen LogP contribution >= 0.6 is 0 Å². The van der Waals surface area contributed by atoms with Crippen LogP contribution in [0.15, 0.2) is 36.5 Å². The molecule has 25 heavy (non-hydrogen) atoms. The molecule has 1 aliphatic carbocycles. The Morgan fingerprint density at radius 1 is 1.28 bits per heavy atom. The monoisotopic (exact) mass is 339 g/mol. The lowest BCUT2D eigenvalue weighted by Crippen LogP contribution is -2.48. The standard InChI is InChI=1S/C18H18FN5O/c19-14-6-2-1-5-13(14)12-22-17(25)24-18(8-3-4-9-18)15-7-10-21-16(11-20)23-15/h1-2,5-7,10H,3-4,8-9,12H2,(H2,22,24,25). The maximum absolute atomic E-state index is 13.6. The first-order valence-electron chi connectivity index (χ1n) is 8.16. The molecule has 7 heteroatoms. The van der Waals surface area contributed by atoms with E-state index in [4.69, 9.17) is 5.26 Å². The number of urea groups is 1. The SMILES string of the molecule is N#Cc1nccc(C2(NC(=O)NCc3ccccc3F)CCCC2)n1. The highest BCUT2D eigenvalue weighted by Gasteiger charge is 2.38. The second kappa shape index (κ2) is 7.26. The first-order chi connectivity index (χ1) is 12.1. The van der Waals surface area contributed by atoms with Gasteiger partial charge < -0.3 is 10.6 Å². The number of rotatable bonds is 4. The summed E-state index contributed by atoms with van der Waals surface area (Å²) >= 11 is 0. The molecule has 128 valence electrons. The average Bonchev–Trinajstić information content (AvgIpc) is 3.11. The molecule has 1 aromatic carbocycles. The van der Waals surface area contributed by atoms with Crippen LogP contribution in [0, 0.1) is 17.1 Å². The van der Waals surface area contributed by atoms with E-state index in [2.05, 4.69) is 20.6 Å². The molecule has 1 heterocycles. The van der Waals surface area contributed by atoms with E-state index in [0.29, 0.717) is 11.3 Å². The maximum atomic E-state index is 13.6. The van der Waals surface area contributed by atoms with E-state index in [-0.39, 0.29) is 24.2 Å². The fourth-order valence-corrected chi connectivity index (χ4v) is 3.18. The van der Waals surface area contributed by atoms with Gasteiger partial charge in [-0.15, -0.1) is 0 Å². The second-order valence-corrected chi connectivity index (χ2v) is 6.07. The lowest BCUT2D eigenvalue weighted by Gasteiger charge is -2.29. The molecular weight excluding hydrogens is 321 g/mol. The Bertz CT molecular complexity index is 811. The van der Waals surface area contributed by atoms with Crippen molar-refractivity contribution in [3.63, 3.8) is 0 Å². The number of nitrogens with zero attached hydrogens (tertiary/aromatic N) is 3. The average molecular weight is 339 g/mol. The topological polar surface area (TPSA) is 90.7 Å². The fourth-order valence-electron chi connectivity index (χ4n) is 3.18. The Labute approximate surface area is 145 Å². The predicted molar refractivity (Wildman–Crippen MR) is 88.7 cm³/mol. The van der Waals surface area contributed by atoms with Gasteiger partial charge in [-0.2, -0.15) is 5.26 Å². The molecule has 2 aromatic rings. The van der Waals surface area contributed by atoms with Crippen LogP contribution < -0.4 is 10.6 Å². The summed E-state index contributed by atoms with van der Waals surface area (Å²) in [6.45, 7) is 0.0990. The van der Waals surface area contributed by atoms with Gasteiger partial charge in [-0.25, -0.2) is 19.2 Å². The molecule has 1 aromatic heterocycles. The molecule has 0 bridgehead atoms. The Hall–Kier alpha value is -3.01. The fraction of sp³-hybridized carbons (Fsp3) is 0.333. The van der Waals surface area contributed by atoms with E-state index in [9.17, 15) is 9.18 Å². The third-order valence-corrected chi connectivity index (χ3v) is 4.45. The third-order valence-electron chi connectivity index (χ3n) is 4.45. The van der Waals surface area contributed by atoms with Gasteiger partial charge >= 0.3 is 6.03 Å². The van der Waals surface area contributed by atoms with E-state index in [1.165, 1.54) is 12.3 Å². The number of halogens is 1. The zero-order valence-electron chi connectivity index (χ0n) is 13.6. The molecule has 0 radical (unpaired) electrons. The van der Waals surface area contributed by atoms with Gasteiger partial charge in [0.2, 0.25) is 5.82 Å². The molecule has 2 amide bonds. The molecular formula is C18H18FN5O. The second-order valence-electron chi connectivity index (χ2n) is 6.07. The van der Waals surface area contributed by atoms with Crippen LogP contribution in [0.3, 0.4) is 0 Å². The van der Waals surface area contributed by atoms with E-state index in [0.717, 1.165) is 25.7 Å². The van der Waals surface area contributed by atoms with Crippen molar-refractivity contribution in [1.82, 2.24) is 20.6 Å². The van der Waals surface area contributed by atoms with Crippen molar-refractivity contribution >= 4 is 6.03 Å². The summed E-state index contributed by atoms with van der Waals surface area (Å²) in [6, 6.07) is 9.58. The minimum atomic E-state index is -0.617. The Morgan fingerprint density at radius 3 is 2.76 bits per heavy atom. The Morgan fingerprint density at radius 2 is 2.04 bits per heavy atom. The summed E-state index contributed by atoms with van der Waals surface area (Å²) < 4.78 is 13.6. The normalized spacial score (nSPS) is 15.4. The van der Waals surface area contributed by atoms with Crippen LogP contribution in [-0.4, -0.2) is 16.0 Å². The molecule has 1 fully saturated rings. The number of amides is 2. The highest BCUT2D eigenvalue weighted by molar-refractivity contribution is 5.75. The first kappa shape index (κ1) is 16.8. The van der Waals surface area contributed by atoms with E-state index in [1.54, 1.807) is 24.3 Å². The number of benzene rings is 1. The third kappa shape index (κ3) is 3.74. The molecule has 0 spiro atoms. The van der Waals surface area contributed by atoms with Gasteiger partial charge in [0.1, 0.15) is 11.9 Å². The molecule has 1 saturated carbocycles. The number of carbonyl (C=O) groups is 1. The van der Waals surface area contributed by atoms with Crippen LogP contribution in [0.25, 0.3) is 0 Å². The number of hydrogen-bond donors (Lipinski definition) is 2. The van der Waals surface area contributed by atoms with Gasteiger partial charge in [-0.05, 0) is 25.0 Å². The van der Waals surface area contributed by atoms with Crippen molar-refractivity contribution in [2.75, 3.05) is 0 Å². The highest BCUT2D eigenvalue weighted by Crippen LogP contribution is 2.37. The molecule has 2 N–H and O–H groups in total. The van der Waals surface area contributed by atoms with E-state index in [1.807, 2.05) is 6.07 Å². The van der Waals surface area contributed by atoms with Crippen LogP contribution in [-0.2, 0) is 12.1 Å². The summed E-state index contributed by atoms with van der Waals surface area (Å²) in [6.07, 6.45) is 4.92. The molecule has 6 nitrogen and oxygen atoms in total. The Kier molecular flexibility index (Phi) is 4.89. The number of nitriles is 1. The van der Waals surface area contributed by atoms with Crippen LogP contribution in [0.2, 0.25) is 0 Å². The van der Waals surface area contributed by atoms with Crippen molar-refractivity contribution in [2.45, 2.75) is 37.8 Å². The molecule has 3 rings (SSSR count). The summed E-state index contributed by atoms with van der Waals surface area (Å²) in [4.78, 5) is 20.5. The lowest BCUT2D eigenvalue weighted by atomic mass is 9.93. The lowest BCUT2D eigenvalue weighted by molar-refractivity contribution is 0.223. The largest absolute Gasteiger partial charge is 0.334 e. The number of carbonyl (C=O) groups excluding carboxylic acids is 1. The van der Waals surface area contributed by atoms with E-state index < -0.39 is 5.54 Å². The molecule has 0 saturated heterocycles. The first-order valence-corrected chi connectivity index (χ1v) is 8.16. The van der Waals surface area contributed by atoms with Gasteiger partial charge in [0.05, 0.1) is 11.2 Å². The van der Waals surface area contributed by atoms with Crippen LogP contribution in [0.5, 0.6) is 0 Å². The van der Waals surface area contributed by atoms with Gasteiger partial charge in [-0.1, -0.05) is 31.0 Å². The number of nitrogens with one attached hydrogen (secondary N) is 2. The molecule has 0 atom stereocenters. The van der Waals surface area contributed by atoms with Gasteiger partial charge in [0.15, 0.2) is 0 Å². The van der Waals surface area contributed by atoms with Crippen LogP contribution in [0.1, 0.15) is 42.8 Å². The minimum absolute atomic E-state index is 0.0809. The van der Waals surface area contributed by atoms with Crippen molar-refractivity contribution < 1.29 is 9.18 Å². The summed E-state index contributed by atoms with van der Waals surface area (Å²) in [5.74, 6) is -0.273. The Balaban J connectivity index is 1.72. The number of aromatic nitrogens is 2. The van der Waals surface area contributed by atoms with Crippen LogP contribution in [0.4, 0.5) is 9.18 Å². The maximum Gasteiger partial charge on any atom is 0.315 e. The zero-order chi connectivity index (χ0) is 17.7. The minimum Gasteiger partial charge on any atom is -0.334 e. The molecule has 0 aliphatic heterocycles. The van der Waals surface area contributed by atoms with Crippen molar-refractivity contribution in [2.24, 2.45) is 0 Å². The van der Waals surface area contributed by atoms with Crippen molar-refractivity contribution in [1.29, 1.82) is 5.26 Å². The van der Waals surface area contributed by atoms with Crippen molar-refractivity contribution in [3.8, 4) is 6.07 Å². The van der Waals surface area contributed by atoms with Crippen molar-refractivity contribution in [3.05, 3.63) is 59.4 Å². The van der Waals surface area contributed by atoms with Gasteiger partial charge in [0.25, 0.3) is 0 Å². The van der Waals surface area contributed by atoms with E-state index >= 15 is 0 Å². The predicted octanol–water partition coefficient (Wildman–Crippen LogP) is 2.76. The summed E-state index contributed by atoms with van der Waals surface area (Å²) in [5, 5.41) is 14.7. The summed E-state index contributed by atoms with van der Waals surface area (Å²) in [5.41, 5.74) is 0.443. The van der Waals surface area contributed by atoms with Gasteiger partial charge in [-0.3, -0.25) is 0 Å². The molecule has 1 aliphatic rings. The van der Waals surface area contributed by atoms with Gasteiger partial charge in [0, 0.05) is 18.3 Å². The smallest absolute Gasteiger partial charge is 0.315 e. The number of hydrogen-bond acceptors (Lipinski definition) is 4. The summed E-state index contributed by atoms with van der Waals surface area (Å²) in [7, 11) is 0. The zero-order valence-corrected chi connectivity index (χ0v) is 13.6. The molecule has 0 unspecified atom stereocenters.